The van der Waals surface area contributed by atoms with Crippen molar-refractivity contribution in [3.05, 3.63) is 96.3 Å². The van der Waals surface area contributed by atoms with Crippen molar-refractivity contribution in [1.29, 1.82) is 0 Å². The Balaban J connectivity index is 1.73. The predicted octanol–water partition coefficient (Wildman–Crippen LogP) is 5.69. The quantitative estimate of drug-likeness (QED) is 0.471. The van der Waals surface area contributed by atoms with Gasteiger partial charge >= 0.3 is 0 Å². The molecule has 0 saturated heterocycles. The maximum Gasteiger partial charge on any atom is 0.141 e. The average Bonchev–Trinajstić information content (AvgIpc) is 3.00. The van der Waals surface area contributed by atoms with E-state index in [0.29, 0.717) is 0 Å². The van der Waals surface area contributed by atoms with Crippen LogP contribution in [0.25, 0.3) is 22.1 Å². The number of hydrogen-bond donors (Lipinski definition) is 0. The van der Waals surface area contributed by atoms with Gasteiger partial charge in [0.15, 0.2) is 0 Å². The molecule has 0 atom stereocenters. The molecule has 0 spiro atoms. The van der Waals surface area contributed by atoms with Crippen molar-refractivity contribution in [1.82, 2.24) is 0 Å². The molecular weight excluding hydrogens is 268 g/mol. The standard InChI is InChI=1S/C21H16O/c1-2-7-16(8-3-1)13-17-9-6-11-18(14-17)21-20-12-5-4-10-19(20)15-22-21/h1-12,14-15H,13H2. The van der Waals surface area contributed by atoms with Gasteiger partial charge in [-0.25, -0.2) is 0 Å². The van der Waals surface area contributed by atoms with E-state index in [1.54, 1.807) is 0 Å². The summed E-state index contributed by atoms with van der Waals surface area (Å²) in [5.41, 5.74) is 3.75. The topological polar surface area (TPSA) is 13.1 Å². The first kappa shape index (κ1) is 12.9. The highest BCUT2D eigenvalue weighted by Gasteiger charge is 2.08. The minimum Gasteiger partial charge on any atom is -0.463 e. The summed E-state index contributed by atoms with van der Waals surface area (Å²) in [5.74, 6) is 0.950. The number of benzene rings is 3. The minimum atomic E-state index is 0.938. The fourth-order valence-corrected chi connectivity index (χ4v) is 2.87. The Morgan fingerprint density at radius 2 is 1.45 bits per heavy atom. The summed E-state index contributed by atoms with van der Waals surface area (Å²) in [5, 5.41) is 2.31. The zero-order valence-corrected chi connectivity index (χ0v) is 12.2. The Bertz CT molecular complexity index is 903. The normalized spacial score (nSPS) is 10.9. The molecule has 4 rings (SSSR count). The maximum atomic E-state index is 5.81. The van der Waals surface area contributed by atoms with Gasteiger partial charge in [-0.3, -0.25) is 0 Å². The summed E-state index contributed by atoms with van der Waals surface area (Å²) in [6, 6.07) is 27.4. The Morgan fingerprint density at radius 1 is 0.682 bits per heavy atom. The lowest BCUT2D eigenvalue weighted by atomic mass is 10.0. The minimum absolute atomic E-state index is 0.938. The molecule has 0 N–H and O–H groups in total. The summed E-state index contributed by atoms with van der Waals surface area (Å²) in [6.07, 6.45) is 2.77. The number of hydrogen-bond acceptors (Lipinski definition) is 1. The Morgan fingerprint density at radius 3 is 2.36 bits per heavy atom. The van der Waals surface area contributed by atoms with Crippen molar-refractivity contribution in [2.75, 3.05) is 0 Å². The van der Waals surface area contributed by atoms with Crippen LogP contribution in [0.5, 0.6) is 0 Å². The van der Waals surface area contributed by atoms with E-state index in [1.807, 2.05) is 12.3 Å². The van der Waals surface area contributed by atoms with Crippen molar-refractivity contribution in [2.45, 2.75) is 6.42 Å². The van der Waals surface area contributed by atoms with E-state index < -0.39 is 0 Å². The molecule has 0 aliphatic carbocycles. The lowest BCUT2D eigenvalue weighted by Gasteiger charge is -2.04. The second kappa shape index (κ2) is 5.53. The van der Waals surface area contributed by atoms with Gasteiger partial charge in [0.2, 0.25) is 0 Å². The van der Waals surface area contributed by atoms with Crippen LogP contribution in [-0.4, -0.2) is 0 Å². The van der Waals surface area contributed by atoms with Gasteiger partial charge < -0.3 is 4.42 Å². The summed E-state index contributed by atoms with van der Waals surface area (Å²) < 4.78 is 5.81. The Hall–Kier alpha value is -2.80. The average molecular weight is 284 g/mol. The molecule has 0 amide bonds. The van der Waals surface area contributed by atoms with Gasteiger partial charge in [-0.05, 0) is 23.6 Å². The molecule has 1 nitrogen and oxygen atoms in total. The Labute approximate surface area is 129 Å². The third-order valence-corrected chi connectivity index (χ3v) is 3.95. The monoisotopic (exact) mass is 284 g/mol. The van der Waals surface area contributed by atoms with Gasteiger partial charge in [-0.1, -0.05) is 72.8 Å². The van der Waals surface area contributed by atoms with Crippen LogP contribution in [0.1, 0.15) is 11.1 Å². The number of rotatable bonds is 3. The first-order chi connectivity index (χ1) is 10.9. The molecule has 0 aliphatic heterocycles. The van der Waals surface area contributed by atoms with Crippen LogP contribution in [0.15, 0.2) is 89.5 Å². The first-order valence-electron chi connectivity index (χ1n) is 7.50. The zero-order valence-electron chi connectivity index (χ0n) is 12.2. The molecule has 3 aromatic carbocycles. The van der Waals surface area contributed by atoms with Crippen molar-refractivity contribution >= 4 is 10.8 Å². The van der Waals surface area contributed by atoms with Crippen molar-refractivity contribution < 1.29 is 4.42 Å². The molecule has 106 valence electrons. The summed E-state index contributed by atoms with van der Waals surface area (Å²) in [6.45, 7) is 0. The molecule has 1 heteroatoms. The smallest absolute Gasteiger partial charge is 0.141 e. The number of furan rings is 1. The highest BCUT2D eigenvalue weighted by molar-refractivity contribution is 5.94. The molecule has 1 aromatic heterocycles. The molecular formula is C21H16O. The van der Waals surface area contributed by atoms with E-state index in [9.17, 15) is 0 Å². The maximum absolute atomic E-state index is 5.81. The van der Waals surface area contributed by atoms with E-state index in [0.717, 1.165) is 23.1 Å². The third-order valence-electron chi connectivity index (χ3n) is 3.95. The molecule has 0 unspecified atom stereocenters. The van der Waals surface area contributed by atoms with Gasteiger partial charge in [-0.15, -0.1) is 0 Å². The molecule has 0 aliphatic rings. The summed E-state index contributed by atoms with van der Waals surface area (Å²) in [4.78, 5) is 0. The lowest BCUT2D eigenvalue weighted by Crippen LogP contribution is -1.88. The first-order valence-corrected chi connectivity index (χ1v) is 7.50. The van der Waals surface area contributed by atoms with Crippen molar-refractivity contribution in [2.24, 2.45) is 0 Å². The second-order valence-electron chi connectivity index (χ2n) is 5.51. The molecule has 4 aromatic rings. The second-order valence-corrected chi connectivity index (χ2v) is 5.51. The van der Waals surface area contributed by atoms with Gasteiger partial charge in [0.05, 0.1) is 6.26 Å². The van der Waals surface area contributed by atoms with Gasteiger partial charge in [0.25, 0.3) is 0 Å². The molecule has 22 heavy (non-hydrogen) atoms. The van der Waals surface area contributed by atoms with Crippen molar-refractivity contribution in [3.63, 3.8) is 0 Å². The molecule has 0 bridgehead atoms. The van der Waals surface area contributed by atoms with E-state index >= 15 is 0 Å². The highest BCUT2D eigenvalue weighted by Crippen LogP contribution is 2.31. The fraction of sp³-hybridized carbons (Fsp3) is 0.0476. The van der Waals surface area contributed by atoms with Crippen LogP contribution in [0.4, 0.5) is 0 Å². The van der Waals surface area contributed by atoms with Crippen LogP contribution in [0, 0.1) is 0 Å². The summed E-state index contributed by atoms with van der Waals surface area (Å²) in [7, 11) is 0. The molecule has 0 radical (unpaired) electrons. The van der Waals surface area contributed by atoms with E-state index in [4.69, 9.17) is 4.42 Å². The van der Waals surface area contributed by atoms with Gasteiger partial charge in [-0.2, -0.15) is 0 Å². The Kier molecular flexibility index (Phi) is 3.24. The van der Waals surface area contributed by atoms with Crippen LogP contribution in [0.3, 0.4) is 0 Å². The molecule has 0 saturated carbocycles. The SMILES string of the molecule is c1ccc(Cc2cccc(-c3occ4ccccc34)c2)cc1. The van der Waals surface area contributed by atoms with E-state index in [1.165, 1.54) is 16.5 Å². The summed E-state index contributed by atoms with van der Waals surface area (Å²) >= 11 is 0. The lowest BCUT2D eigenvalue weighted by molar-refractivity contribution is 0.587. The predicted molar refractivity (Wildman–Crippen MR) is 90.9 cm³/mol. The molecule has 1 heterocycles. The largest absolute Gasteiger partial charge is 0.463 e. The van der Waals surface area contributed by atoms with Crippen LogP contribution < -0.4 is 0 Å². The van der Waals surface area contributed by atoms with E-state index in [-0.39, 0.29) is 0 Å². The van der Waals surface area contributed by atoms with E-state index in [2.05, 4.69) is 72.8 Å². The number of fused-ring (bicyclic) bond motifs is 1. The third kappa shape index (κ3) is 2.42. The van der Waals surface area contributed by atoms with Gasteiger partial charge in [0, 0.05) is 16.3 Å². The zero-order chi connectivity index (χ0) is 14.8. The van der Waals surface area contributed by atoms with Gasteiger partial charge in [0.1, 0.15) is 5.76 Å². The van der Waals surface area contributed by atoms with Crippen LogP contribution in [0.2, 0.25) is 0 Å². The molecule has 0 fully saturated rings. The van der Waals surface area contributed by atoms with Crippen LogP contribution >= 0.6 is 0 Å². The van der Waals surface area contributed by atoms with Crippen molar-refractivity contribution in [3.8, 4) is 11.3 Å². The highest BCUT2D eigenvalue weighted by atomic mass is 16.3. The fourth-order valence-electron chi connectivity index (χ4n) is 2.87. The van der Waals surface area contributed by atoms with Crippen LogP contribution in [-0.2, 0) is 6.42 Å².